The van der Waals surface area contributed by atoms with E-state index in [0.29, 0.717) is 6.04 Å². The van der Waals surface area contributed by atoms with Crippen molar-refractivity contribution in [3.05, 3.63) is 72.3 Å². The normalized spacial score (nSPS) is 15.0. The van der Waals surface area contributed by atoms with Crippen LogP contribution in [0.4, 0.5) is 11.4 Å². The predicted octanol–water partition coefficient (Wildman–Crippen LogP) is 12.0. The van der Waals surface area contributed by atoms with E-state index in [-0.39, 0.29) is 7.43 Å². The summed E-state index contributed by atoms with van der Waals surface area (Å²) in [4.78, 5) is 4.70. The molecule has 6 rings (SSSR count). The smallest absolute Gasteiger partial charge is 0.0568 e. The number of fused-ring (bicyclic) bond motifs is 2. The zero-order chi connectivity index (χ0) is 37.8. The monoisotopic (exact) mass is 711 g/mol. The summed E-state index contributed by atoms with van der Waals surface area (Å²) >= 11 is 0. The summed E-state index contributed by atoms with van der Waals surface area (Å²) in [6.45, 7) is 16.0. The van der Waals surface area contributed by atoms with Crippen molar-refractivity contribution in [2.45, 2.75) is 133 Å². The number of aromatic nitrogens is 4. The van der Waals surface area contributed by atoms with E-state index in [9.17, 15) is 0 Å². The summed E-state index contributed by atoms with van der Waals surface area (Å²) < 4.78 is 3.69. The van der Waals surface area contributed by atoms with Crippen LogP contribution >= 0.6 is 0 Å². The maximum Gasteiger partial charge on any atom is 0.0568 e. The number of nitrogens with zero attached hydrogens (tertiary/aromatic N) is 6. The average molecular weight is 711 g/mol. The Morgan fingerprint density at radius 3 is 1.62 bits per heavy atom. The molecule has 2 aromatic heterocycles. The maximum absolute atomic E-state index is 5.44. The molecule has 6 heteroatoms. The topological polar surface area (TPSA) is 42.1 Å². The summed E-state index contributed by atoms with van der Waals surface area (Å²) in [5, 5.41) is 8.50. The molecule has 0 saturated heterocycles. The maximum atomic E-state index is 5.44. The minimum absolute atomic E-state index is 0. The molecule has 0 spiro atoms. The van der Waals surface area contributed by atoms with Crippen LogP contribution in [0.15, 0.2) is 61.2 Å². The van der Waals surface area contributed by atoms with Crippen molar-refractivity contribution in [3.8, 4) is 34.6 Å². The third-order valence-corrected chi connectivity index (χ3v) is 9.58. The van der Waals surface area contributed by atoms with Crippen LogP contribution in [0.2, 0.25) is 0 Å². The van der Waals surface area contributed by atoms with E-state index in [2.05, 4.69) is 103 Å². The molecule has 2 aliphatic rings. The fourth-order valence-corrected chi connectivity index (χ4v) is 6.96. The lowest BCUT2D eigenvalue weighted by atomic mass is 9.88. The lowest BCUT2D eigenvalue weighted by Crippen LogP contribution is -2.32. The molecule has 0 fully saturated rings. The largest absolute Gasteiger partial charge is 0.374 e. The molecule has 0 bridgehead atoms. The molecule has 0 saturated carbocycles. The van der Waals surface area contributed by atoms with Gasteiger partial charge in [-0.1, -0.05) is 113 Å². The van der Waals surface area contributed by atoms with Gasteiger partial charge in [-0.3, -0.25) is 9.36 Å². The Hall–Kier alpha value is -3.98. The van der Waals surface area contributed by atoms with Gasteiger partial charge in [-0.15, -0.1) is 12.3 Å². The van der Waals surface area contributed by atoms with Crippen molar-refractivity contribution in [2.24, 2.45) is 20.0 Å². The molecule has 4 heterocycles. The van der Waals surface area contributed by atoms with Gasteiger partial charge in [0.05, 0.1) is 12.4 Å². The predicted molar refractivity (Wildman–Crippen MR) is 230 cm³/mol. The van der Waals surface area contributed by atoms with Gasteiger partial charge in [-0.25, -0.2) is 0 Å². The Labute approximate surface area is 320 Å². The van der Waals surface area contributed by atoms with Gasteiger partial charge in [0.2, 0.25) is 0 Å². The number of benzene rings is 2. The summed E-state index contributed by atoms with van der Waals surface area (Å²) in [6.07, 6.45) is 27.5. The van der Waals surface area contributed by atoms with E-state index < -0.39 is 0 Å². The van der Waals surface area contributed by atoms with Crippen LogP contribution in [0.5, 0.6) is 0 Å². The van der Waals surface area contributed by atoms with E-state index in [1.165, 1.54) is 104 Å². The molecule has 0 radical (unpaired) electrons. The molecule has 2 unspecified atom stereocenters. The molecule has 2 aromatic carbocycles. The van der Waals surface area contributed by atoms with E-state index in [4.69, 9.17) is 6.42 Å². The SMILES string of the molecule is C.C#CCC1Cc2cc(-c3cnn(C)c3)ccc2N1C.CC.CC.CCCC1Cc2cc(-c3cnn(C)c3)ccc2N(C)C1.CCCCCCCC. The Morgan fingerprint density at radius 1 is 0.673 bits per heavy atom. The second kappa shape index (κ2) is 25.1. The number of likely N-dealkylation sites (N-methyl/N-ethyl adjacent to an activating group) is 1. The number of aryl methyl sites for hydroxylation is 2. The summed E-state index contributed by atoms with van der Waals surface area (Å²) in [6, 6.07) is 13.9. The number of anilines is 2. The van der Waals surface area contributed by atoms with E-state index in [0.717, 1.165) is 24.3 Å². The molecule has 288 valence electrons. The van der Waals surface area contributed by atoms with Crippen molar-refractivity contribution >= 4 is 11.4 Å². The van der Waals surface area contributed by atoms with Gasteiger partial charge < -0.3 is 9.80 Å². The van der Waals surface area contributed by atoms with Crippen molar-refractivity contribution in [3.63, 3.8) is 0 Å². The van der Waals surface area contributed by atoms with Gasteiger partial charge in [0, 0.05) is 82.1 Å². The lowest BCUT2D eigenvalue weighted by Gasteiger charge is -2.33. The summed E-state index contributed by atoms with van der Waals surface area (Å²) in [5.74, 6) is 3.56. The first kappa shape index (κ1) is 46.0. The first-order valence-electron chi connectivity index (χ1n) is 19.9. The van der Waals surface area contributed by atoms with E-state index >= 15 is 0 Å². The quantitative estimate of drug-likeness (QED) is 0.121. The highest BCUT2D eigenvalue weighted by Gasteiger charge is 2.26. The van der Waals surface area contributed by atoms with E-state index in [1.54, 1.807) is 0 Å². The molecule has 0 N–H and O–H groups in total. The Balaban J connectivity index is 0.000000396. The number of hydrogen-bond donors (Lipinski definition) is 0. The Kier molecular flexibility index (Phi) is 22.2. The highest BCUT2D eigenvalue weighted by molar-refractivity contribution is 5.71. The Bertz CT molecular complexity index is 1570. The van der Waals surface area contributed by atoms with Crippen LogP contribution in [-0.2, 0) is 26.9 Å². The van der Waals surface area contributed by atoms with Crippen molar-refractivity contribution < 1.29 is 0 Å². The van der Waals surface area contributed by atoms with Crippen molar-refractivity contribution in [1.82, 2.24) is 19.6 Å². The molecular weight excluding hydrogens is 637 g/mol. The van der Waals surface area contributed by atoms with Crippen LogP contribution in [-0.4, -0.2) is 46.2 Å². The summed E-state index contributed by atoms with van der Waals surface area (Å²) in [7, 11) is 8.24. The minimum Gasteiger partial charge on any atom is -0.374 e. The summed E-state index contributed by atoms with van der Waals surface area (Å²) in [5.41, 5.74) is 10.4. The highest BCUT2D eigenvalue weighted by atomic mass is 15.2. The van der Waals surface area contributed by atoms with Gasteiger partial charge in [0.15, 0.2) is 0 Å². The Morgan fingerprint density at radius 2 is 1.17 bits per heavy atom. The standard InChI is InChI=1S/C17H23N3.C16H17N3.C8H18.2C2H6.CH4/c1-4-5-13-8-15-9-14(16-10-18-20(3)12-16)6-7-17(15)19(2)11-13;1-4-5-15-9-13-8-12(6-7-16(13)19(15)3)14-10-17-18(2)11-14;1-3-5-7-8-6-4-2;2*1-2;/h6-7,9-10,12-13H,4-5,8,11H2,1-3H3;1,6-8,10-11,15H,5,9H2,2-3H3;3-8H2,1-2H3;2*1-2H3;1H4. The van der Waals surface area contributed by atoms with Crippen LogP contribution < -0.4 is 9.80 Å². The lowest BCUT2D eigenvalue weighted by molar-refractivity contribution is 0.462. The van der Waals surface area contributed by atoms with Gasteiger partial charge in [-0.05, 0) is 71.7 Å². The first-order chi connectivity index (χ1) is 24.8. The van der Waals surface area contributed by atoms with Gasteiger partial charge >= 0.3 is 0 Å². The van der Waals surface area contributed by atoms with Crippen LogP contribution in [0.3, 0.4) is 0 Å². The zero-order valence-corrected chi connectivity index (χ0v) is 34.2. The number of unbranched alkanes of at least 4 members (excludes halogenated alkanes) is 5. The fraction of sp³-hybridized carbons (Fsp3) is 0.565. The molecule has 0 amide bonds. The first-order valence-corrected chi connectivity index (χ1v) is 19.9. The van der Waals surface area contributed by atoms with Gasteiger partial charge in [0.1, 0.15) is 0 Å². The molecule has 6 nitrogen and oxygen atoms in total. The fourth-order valence-electron chi connectivity index (χ4n) is 6.96. The average Bonchev–Trinajstić information content (AvgIpc) is 3.87. The van der Waals surface area contributed by atoms with Gasteiger partial charge in [0.25, 0.3) is 0 Å². The second-order valence-corrected chi connectivity index (χ2v) is 13.5. The third-order valence-electron chi connectivity index (χ3n) is 9.58. The molecule has 0 aliphatic carbocycles. The molecule has 2 atom stereocenters. The highest BCUT2D eigenvalue weighted by Crippen LogP contribution is 2.36. The third kappa shape index (κ3) is 13.5. The van der Waals surface area contributed by atoms with Gasteiger partial charge in [-0.2, -0.15) is 10.2 Å². The van der Waals surface area contributed by atoms with Crippen LogP contribution in [0, 0.1) is 18.3 Å². The van der Waals surface area contributed by atoms with E-state index in [1.807, 2.05) is 69.7 Å². The number of hydrogen-bond acceptors (Lipinski definition) is 4. The van der Waals surface area contributed by atoms with Crippen LogP contribution in [0.25, 0.3) is 22.3 Å². The zero-order valence-electron chi connectivity index (χ0n) is 34.2. The second-order valence-electron chi connectivity index (χ2n) is 13.5. The molecular formula is C46H74N6. The molecule has 4 aromatic rings. The number of terminal acetylenes is 1. The van der Waals surface area contributed by atoms with Crippen molar-refractivity contribution in [2.75, 3.05) is 30.4 Å². The van der Waals surface area contributed by atoms with Crippen LogP contribution in [0.1, 0.15) is 125 Å². The minimum atomic E-state index is 0. The van der Waals surface area contributed by atoms with Crippen molar-refractivity contribution in [1.29, 1.82) is 0 Å². The molecule has 52 heavy (non-hydrogen) atoms. The molecule has 2 aliphatic heterocycles. The number of rotatable bonds is 10.